The number of nitrogens with one attached hydrogen (secondary N) is 1. The lowest BCUT2D eigenvalue weighted by atomic mass is 9.88. The van der Waals surface area contributed by atoms with Gasteiger partial charge in [-0.1, -0.05) is 20.8 Å². The molecule has 15 heavy (non-hydrogen) atoms. The lowest BCUT2D eigenvalue weighted by molar-refractivity contribution is -0.136. The maximum atomic E-state index is 11.9. The van der Waals surface area contributed by atoms with E-state index in [0.717, 1.165) is 0 Å². The average Bonchev–Trinajstić information content (AvgIpc) is 2.01. The van der Waals surface area contributed by atoms with Crippen molar-refractivity contribution in [2.45, 2.75) is 52.3 Å². The summed E-state index contributed by atoms with van der Waals surface area (Å²) in [6, 6.07) is 0.304. The summed E-state index contributed by atoms with van der Waals surface area (Å²) in [4.78, 5) is 0. The Morgan fingerprint density at radius 3 is 2.00 bits per heavy atom. The van der Waals surface area contributed by atoms with Crippen LogP contribution in [0.2, 0.25) is 0 Å². The van der Waals surface area contributed by atoms with E-state index in [4.69, 9.17) is 0 Å². The standard InChI is InChI=1S/C11H22F3N/c1-8(2)10(15-4)9(3)6-5-7-11(12,13)14/h8-10,15H,5-7H2,1-4H3. The zero-order valence-electron chi connectivity index (χ0n) is 9.99. The summed E-state index contributed by atoms with van der Waals surface area (Å²) >= 11 is 0. The summed E-state index contributed by atoms with van der Waals surface area (Å²) in [6.07, 6.45) is -3.81. The van der Waals surface area contributed by atoms with E-state index in [1.165, 1.54) is 0 Å². The number of halogens is 3. The fourth-order valence-corrected chi connectivity index (χ4v) is 2.08. The molecule has 0 saturated heterocycles. The second-order valence-electron chi connectivity index (χ2n) is 4.54. The van der Waals surface area contributed by atoms with Crippen LogP contribution in [0.25, 0.3) is 0 Å². The molecule has 0 amide bonds. The van der Waals surface area contributed by atoms with Crippen molar-refractivity contribution in [2.24, 2.45) is 11.8 Å². The van der Waals surface area contributed by atoms with Crippen LogP contribution in [0, 0.1) is 11.8 Å². The summed E-state index contributed by atoms with van der Waals surface area (Å²) < 4.78 is 35.8. The molecule has 0 aromatic heterocycles. The summed E-state index contributed by atoms with van der Waals surface area (Å²) in [5.41, 5.74) is 0. The Morgan fingerprint density at radius 1 is 1.13 bits per heavy atom. The third-order valence-electron chi connectivity index (χ3n) is 2.78. The smallest absolute Gasteiger partial charge is 0.316 e. The first-order chi connectivity index (χ1) is 6.78. The molecule has 1 nitrogen and oxygen atoms in total. The van der Waals surface area contributed by atoms with Crippen LogP contribution in [-0.2, 0) is 0 Å². The number of hydrogen-bond donors (Lipinski definition) is 1. The van der Waals surface area contributed by atoms with Gasteiger partial charge >= 0.3 is 6.18 Å². The summed E-state index contributed by atoms with van der Waals surface area (Å²) in [7, 11) is 1.87. The third-order valence-corrected chi connectivity index (χ3v) is 2.78. The van der Waals surface area contributed by atoms with Crippen LogP contribution in [0.15, 0.2) is 0 Å². The fraction of sp³-hybridized carbons (Fsp3) is 1.00. The molecule has 0 aliphatic heterocycles. The molecule has 0 aromatic carbocycles. The van der Waals surface area contributed by atoms with Gasteiger partial charge in [-0.05, 0) is 31.7 Å². The quantitative estimate of drug-likeness (QED) is 0.728. The van der Waals surface area contributed by atoms with Gasteiger partial charge in [0.1, 0.15) is 0 Å². The van der Waals surface area contributed by atoms with E-state index in [9.17, 15) is 13.2 Å². The first-order valence-electron chi connectivity index (χ1n) is 5.52. The Balaban J connectivity index is 3.86. The predicted octanol–water partition coefficient (Wildman–Crippen LogP) is 3.60. The van der Waals surface area contributed by atoms with E-state index in [1.807, 2.05) is 14.0 Å². The average molecular weight is 225 g/mol. The van der Waals surface area contributed by atoms with Crippen LogP contribution in [0.3, 0.4) is 0 Å². The van der Waals surface area contributed by atoms with Crippen molar-refractivity contribution in [3.8, 4) is 0 Å². The van der Waals surface area contributed by atoms with E-state index in [-0.39, 0.29) is 12.3 Å². The maximum Gasteiger partial charge on any atom is 0.389 e. The highest BCUT2D eigenvalue weighted by Crippen LogP contribution is 2.25. The van der Waals surface area contributed by atoms with Crippen molar-refractivity contribution in [2.75, 3.05) is 7.05 Å². The zero-order chi connectivity index (χ0) is 12.1. The Morgan fingerprint density at radius 2 is 1.67 bits per heavy atom. The molecule has 0 rings (SSSR count). The van der Waals surface area contributed by atoms with Gasteiger partial charge in [-0.3, -0.25) is 0 Å². The van der Waals surface area contributed by atoms with E-state index in [0.29, 0.717) is 18.4 Å². The molecular weight excluding hydrogens is 203 g/mol. The van der Waals surface area contributed by atoms with Crippen molar-refractivity contribution in [3.05, 3.63) is 0 Å². The molecule has 2 unspecified atom stereocenters. The first kappa shape index (κ1) is 14.8. The van der Waals surface area contributed by atoms with Crippen molar-refractivity contribution < 1.29 is 13.2 Å². The molecule has 0 aliphatic rings. The van der Waals surface area contributed by atoms with E-state index in [2.05, 4.69) is 19.2 Å². The van der Waals surface area contributed by atoms with Gasteiger partial charge < -0.3 is 5.32 Å². The second kappa shape index (κ2) is 6.36. The van der Waals surface area contributed by atoms with Gasteiger partial charge in [-0.25, -0.2) is 0 Å². The molecule has 2 atom stereocenters. The highest BCUT2D eigenvalue weighted by atomic mass is 19.4. The van der Waals surface area contributed by atoms with Gasteiger partial charge in [0.25, 0.3) is 0 Å². The predicted molar refractivity (Wildman–Crippen MR) is 56.8 cm³/mol. The Hall–Kier alpha value is -0.250. The minimum absolute atomic E-state index is 0.232. The summed E-state index contributed by atoms with van der Waals surface area (Å²) in [6.45, 7) is 6.18. The van der Waals surface area contributed by atoms with Crippen LogP contribution in [0.5, 0.6) is 0 Å². The van der Waals surface area contributed by atoms with Gasteiger partial charge in [-0.15, -0.1) is 0 Å². The molecule has 0 aromatic rings. The van der Waals surface area contributed by atoms with Crippen molar-refractivity contribution in [3.63, 3.8) is 0 Å². The molecule has 0 fully saturated rings. The minimum Gasteiger partial charge on any atom is -0.316 e. The van der Waals surface area contributed by atoms with Crippen LogP contribution >= 0.6 is 0 Å². The van der Waals surface area contributed by atoms with E-state index >= 15 is 0 Å². The van der Waals surface area contributed by atoms with Crippen LogP contribution in [-0.4, -0.2) is 19.3 Å². The van der Waals surface area contributed by atoms with Gasteiger partial charge in [0.2, 0.25) is 0 Å². The molecule has 0 radical (unpaired) electrons. The largest absolute Gasteiger partial charge is 0.389 e. The van der Waals surface area contributed by atoms with Crippen molar-refractivity contribution in [1.29, 1.82) is 0 Å². The Kier molecular flexibility index (Phi) is 6.25. The normalized spacial score (nSPS) is 16.8. The van der Waals surface area contributed by atoms with Crippen molar-refractivity contribution in [1.82, 2.24) is 5.32 Å². The molecule has 0 spiro atoms. The fourth-order valence-electron chi connectivity index (χ4n) is 2.08. The molecule has 4 heteroatoms. The lowest BCUT2D eigenvalue weighted by Crippen LogP contribution is -2.36. The molecule has 0 heterocycles. The Bertz CT molecular complexity index is 166. The van der Waals surface area contributed by atoms with Gasteiger partial charge in [0.05, 0.1) is 0 Å². The third kappa shape index (κ3) is 6.77. The lowest BCUT2D eigenvalue weighted by Gasteiger charge is -2.27. The molecular formula is C11H22F3N. The molecule has 92 valence electrons. The van der Waals surface area contributed by atoms with Gasteiger partial charge in [-0.2, -0.15) is 13.2 Å². The second-order valence-corrected chi connectivity index (χ2v) is 4.54. The number of rotatable bonds is 6. The van der Waals surface area contributed by atoms with E-state index in [1.54, 1.807) is 0 Å². The van der Waals surface area contributed by atoms with Crippen LogP contribution in [0.4, 0.5) is 13.2 Å². The number of alkyl halides is 3. The molecule has 1 N–H and O–H groups in total. The van der Waals surface area contributed by atoms with Gasteiger partial charge in [0.15, 0.2) is 0 Å². The monoisotopic (exact) mass is 225 g/mol. The van der Waals surface area contributed by atoms with Crippen molar-refractivity contribution >= 4 is 0 Å². The molecule has 0 bridgehead atoms. The minimum atomic E-state index is -4.01. The zero-order valence-corrected chi connectivity index (χ0v) is 9.99. The summed E-state index contributed by atoms with van der Waals surface area (Å²) in [5.74, 6) is 0.744. The molecule has 0 aliphatic carbocycles. The Labute approximate surface area is 90.4 Å². The van der Waals surface area contributed by atoms with Crippen LogP contribution < -0.4 is 5.32 Å². The SMILES string of the molecule is CNC(C(C)C)C(C)CCCC(F)(F)F. The summed E-state index contributed by atoms with van der Waals surface area (Å²) in [5, 5.41) is 3.17. The van der Waals surface area contributed by atoms with E-state index < -0.39 is 12.6 Å². The van der Waals surface area contributed by atoms with Gasteiger partial charge in [0, 0.05) is 12.5 Å². The highest BCUT2D eigenvalue weighted by Gasteiger charge is 2.27. The number of hydrogen-bond acceptors (Lipinski definition) is 1. The highest BCUT2D eigenvalue weighted by molar-refractivity contribution is 4.75. The molecule has 0 saturated carbocycles. The maximum absolute atomic E-state index is 11.9. The topological polar surface area (TPSA) is 12.0 Å². The first-order valence-corrected chi connectivity index (χ1v) is 5.52. The van der Waals surface area contributed by atoms with Crippen LogP contribution in [0.1, 0.15) is 40.0 Å².